The molecule has 4 aliphatic rings. The smallest absolute Gasteiger partial charge is 0.258 e. The van der Waals surface area contributed by atoms with Gasteiger partial charge in [0, 0.05) is 56.4 Å². The Morgan fingerprint density at radius 2 is 1.94 bits per heavy atom. The summed E-state index contributed by atoms with van der Waals surface area (Å²) < 4.78 is 6.92. The third-order valence-electron chi connectivity index (χ3n) is 7.94. The predicted octanol–water partition coefficient (Wildman–Crippen LogP) is 1.56. The van der Waals surface area contributed by atoms with Gasteiger partial charge in [-0.25, -0.2) is 0 Å². The van der Waals surface area contributed by atoms with Crippen LogP contribution < -0.4 is 5.56 Å². The molecule has 4 heterocycles. The summed E-state index contributed by atoms with van der Waals surface area (Å²) in [6.45, 7) is 1.43. The van der Waals surface area contributed by atoms with Gasteiger partial charge in [0.2, 0.25) is 11.8 Å². The van der Waals surface area contributed by atoms with Crippen molar-refractivity contribution in [2.24, 2.45) is 11.8 Å². The van der Waals surface area contributed by atoms with E-state index in [4.69, 9.17) is 4.74 Å². The Morgan fingerprint density at radius 3 is 2.61 bits per heavy atom. The van der Waals surface area contributed by atoms with Gasteiger partial charge in [0.15, 0.2) is 0 Å². The van der Waals surface area contributed by atoms with Crippen molar-refractivity contribution in [2.75, 3.05) is 33.4 Å². The number of ether oxygens (including phenoxy) is 1. The molecule has 0 aromatic carbocycles. The Morgan fingerprint density at radius 1 is 1.15 bits per heavy atom. The molecule has 1 aromatic heterocycles. The van der Waals surface area contributed by atoms with Crippen molar-refractivity contribution in [1.82, 2.24) is 14.4 Å². The summed E-state index contributed by atoms with van der Waals surface area (Å²) >= 11 is 0. The highest BCUT2D eigenvalue weighted by atomic mass is 16.5. The molecule has 1 N–H and O–H groups in total. The summed E-state index contributed by atoms with van der Waals surface area (Å²) in [5, 5.41) is 10.4. The number of carbonyl (C=O) groups excluding carboxylic acids is 2. The molecule has 1 aromatic rings. The van der Waals surface area contributed by atoms with Crippen molar-refractivity contribution in [3.05, 3.63) is 39.8 Å². The quantitative estimate of drug-likeness (QED) is 0.728. The summed E-state index contributed by atoms with van der Waals surface area (Å²) in [6, 6.07) is 2.67. The Bertz CT molecular complexity index is 1030. The van der Waals surface area contributed by atoms with Crippen LogP contribution in [0, 0.1) is 11.8 Å². The lowest BCUT2D eigenvalue weighted by molar-refractivity contribution is -0.149. The minimum atomic E-state index is -0.730. The fourth-order valence-corrected chi connectivity index (χ4v) is 6.41. The fourth-order valence-electron chi connectivity index (χ4n) is 6.41. The van der Waals surface area contributed by atoms with Crippen LogP contribution in [0.25, 0.3) is 5.57 Å². The maximum Gasteiger partial charge on any atom is 0.258 e. The molecule has 33 heavy (non-hydrogen) atoms. The molecular weight excluding hydrogens is 422 g/mol. The molecule has 4 atom stereocenters. The highest BCUT2D eigenvalue weighted by Gasteiger charge is 2.57. The van der Waals surface area contributed by atoms with Gasteiger partial charge in [-0.3, -0.25) is 14.4 Å². The Labute approximate surface area is 193 Å². The van der Waals surface area contributed by atoms with Crippen LogP contribution in [-0.4, -0.2) is 70.7 Å². The minimum Gasteiger partial charge on any atom is -0.396 e. The van der Waals surface area contributed by atoms with E-state index in [1.807, 2.05) is 17.0 Å². The topological polar surface area (TPSA) is 92.1 Å². The van der Waals surface area contributed by atoms with E-state index in [-0.39, 0.29) is 36.5 Å². The molecule has 0 bridgehead atoms. The zero-order valence-electron chi connectivity index (χ0n) is 19.2. The molecule has 178 valence electrons. The number of aliphatic hydroxyl groups excluding tert-OH is 1. The Kier molecular flexibility index (Phi) is 6.14. The first kappa shape index (κ1) is 22.3. The largest absolute Gasteiger partial charge is 0.396 e. The molecule has 0 spiro atoms. The normalized spacial score (nSPS) is 28.6. The first-order chi connectivity index (χ1) is 16.1. The van der Waals surface area contributed by atoms with Gasteiger partial charge in [0.05, 0.1) is 6.04 Å². The average molecular weight is 456 g/mol. The lowest BCUT2D eigenvalue weighted by atomic mass is 9.88. The maximum atomic E-state index is 13.6. The number of pyridine rings is 1. The molecule has 8 heteroatoms. The molecule has 1 aliphatic carbocycles. The number of carbonyl (C=O) groups is 2. The molecule has 8 nitrogen and oxygen atoms in total. The van der Waals surface area contributed by atoms with Gasteiger partial charge in [0.25, 0.3) is 5.56 Å². The molecule has 2 fully saturated rings. The van der Waals surface area contributed by atoms with E-state index in [9.17, 15) is 19.5 Å². The molecule has 5 rings (SSSR count). The third kappa shape index (κ3) is 3.64. The van der Waals surface area contributed by atoms with Crippen molar-refractivity contribution in [2.45, 2.75) is 57.2 Å². The monoisotopic (exact) mass is 455 g/mol. The number of aliphatic hydroxyl groups is 1. The number of methoxy groups -OCH3 is 1. The second kappa shape index (κ2) is 9.06. The summed E-state index contributed by atoms with van der Waals surface area (Å²) in [5.41, 5.74) is 2.54. The van der Waals surface area contributed by atoms with E-state index in [0.29, 0.717) is 19.6 Å². The molecular formula is C25H33N3O5. The zero-order valence-corrected chi connectivity index (χ0v) is 19.2. The lowest BCUT2D eigenvalue weighted by Crippen LogP contribution is -2.53. The predicted molar refractivity (Wildman–Crippen MR) is 122 cm³/mol. The van der Waals surface area contributed by atoms with Crippen LogP contribution in [0.5, 0.6) is 0 Å². The fraction of sp³-hybridized carbons (Fsp3) is 0.640. The summed E-state index contributed by atoms with van der Waals surface area (Å²) in [5.74, 6) is -0.967. The highest BCUT2D eigenvalue weighted by molar-refractivity contribution is 5.90. The van der Waals surface area contributed by atoms with Crippen molar-refractivity contribution in [3.8, 4) is 0 Å². The number of hydrogen-bond donors (Lipinski definition) is 1. The standard InChI is InChI=1S/C25H33N3O5/c1-33-15-21(30)28-22-18(19(14-29)23(28)25(32)26-11-5-2-6-12-26)13-27-20(22)10-9-17(24(27)31)16-7-3-4-8-16/h7,9-10,18-19,22-23,29H,2-6,8,11-15H2,1H3/t18-,19-,22+,23-/m1/s1. The number of piperidine rings is 1. The van der Waals surface area contributed by atoms with Gasteiger partial charge in [-0.15, -0.1) is 0 Å². The van der Waals surface area contributed by atoms with Crippen molar-refractivity contribution >= 4 is 17.4 Å². The summed E-state index contributed by atoms with van der Waals surface area (Å²) in [6.07, 6.45) is 8.12. The Hall–Kier alpha value is -2.45. The van der Waals surface area contributed by atoms with Gasteiger partial charge < -0.3 is 24.2 Å². The van der Waals surface area contributed by atoms with Gasteiger partial charge in [-0.2, -0.15) is 0 Å². The van der Waals surface area contributed by atoms with Gasteiger partial charge in [-0.05, 0) is 56.2 Å². The van der Waals surface area contributed by atoms with Crippen LogP contribution in [0.1, 0.15) is 55.8 Å². The molecule has 0 saturated carbocycles. The number of amides is 2. The van der Waals surface area contributed by atoms with E-state index in [2.05, 4.69) is 6.08 Å². The number of nitrogens with zero attached hydrogens (tertiary/aromatic N) is 3. The van der Waals surface area contributed by atoms with Crippen molar-refractivity contribution in [1.29, 1.82) is 0 Å². The first-order valence-corrected chi connectivity index (χ1v) is 12.2. The molecule has 0 radical (unpaired) electrons. The number of rotatable bonds is 5. The van der Waals surface area contributed by atoms with E-state index < -0.39 is 18.0 Å². The van der Waals surface area contributed by atoms with E-state index >= 15 is 0 Å². The average Bonchev–Trinajstić information content (AvgIpc) is 3.55. The van der Waals surface area contributed by atoms with E-state index in [1.165, 1.54) is 7.11 Å². The van der Waals surface area contributed by atoms with Crippen LogP contribution in [0.15, 0.2) is 23.0 Å². The van der Waals surface area contributed by atoms with Crippen LogP contribution >= 0.6 is 0 Å². The molecule has 2 amide bonds. The van der Waals surface area contributed by atoms with Gasteiger partial charge in [0.1, 0.15) is 12.6 Å². The van der Waals surface area contributed by atoms with Crippen molar-refractivity contribution in [3.63, 3.8) is 0 Å². The zero-order chi connectivity index (χ0) is 23.1. The number of allylic oxidation sites excluding steroid dienone is 2. The van der Waals surface area contributed by atoms with Gasteiger partial charge in [-0.1, -0.05) is 6.08 Å². The van der Waals surface area contributed by atoms with Gasteiger partial charge >= 0.3 is 0 Å². The summed E-state index contributed by atoms with van der Waals surface area (Å²) in [7, 11) is 1.46. The first-order valence-electron chi connectivity index (χ1n) is 12.2. The Balaban J connectivity index is 1.55. The third-order valence-corrected chi connectivity index (χ3v) is 7.94. The van der Waals surface area contributed by atoms with Crippen molar-refractivity contribution < 1.29 is 19.4 Å². The number of aromatic nitrogens is 1. The van der Waals surface area contributed by atoms with Crippen LogP contribution in [0.4, 0.5) is 0 Å². The van der Waals surface area contributed by atoms with Crippen LogP contribution in [-0.2, 0) is 20.9 Å². The maximum absolute atomic E-state index is 13.6. The second-order valence-electron chi connectivity index (χ2n) is 9.73. The van der Waals surface area contributed by atoms with E-state index in [0.717, 1.165) is 55.4 Å². The van der Waals surface area contributed by atoms with Crippen LogP contribution in [0.2, 0.25) is 0 Å². The highest BCUT2D eigenvalue weighted by Crippen LogP contribution is 2.49. The number of likely N-dealkylation sites (tertiary alicyclic amines) is 2. The summed E-state index contributed by atoms with van der Waals surface area (Å²) in [4.78, 5) is 43.8. The number of fused-ring (bicyclic) bond motifs is 3. The molecule has 2 saturated heterocycles. The molecule has 0 unspecified atom stereocenters. The van der Waals surface area contributed by atoms with E-state index in [1.54, 1.807) is 9.47 Å². The number of hydrogen-bond acceptors (Lipinski definition) is 5. The van der Waals surface area contributed by atoms with Crippen LogP contribution in [0.3, 0.4) is 0 Å². The SMILES string of the molecule is COCC(=O)N1[C@@H]2c3ccc(C4=CCCC4)c(=O)n3C[C@@H]2[C@@H](CO)[C@@H]1C(=O)N1CCCCC1. The second-order valence-corrected chi connectivity index (χ2v) is 9.73. The lowest BCUT2D eigenvalue weighted by Gasteiger charge is -2.36. The minimum absolute atomic E-state index is 0.0372. The molecule has 3 aliphatic heterocycles.